The molecule has 1 aromatic carbocycles. The predicted octanol–water partition coefficient (Wildman–Crippen LogP) is 5.10. The van der Waals surface area contributed by atoms with Gasteiger partial charge in [0.1, 0.15) is 29.7 Å². The summed E-state index contributed by atoms with van der Waals surface area (Å²) in [5, 5.41) is 0. The number of aromatic nitrogens is 3. The summed E-state index contributed by atoms with van der Waals surface area (Å²) in [5.74, 6) is 1.32. The normalized spacial score (nSPS) is 11.6. The lowest BCUT2D eigenvalue weighted by molar-refractivity contribution is 0.292. The third kappa shape index (κ3) is 3.93. The molecule has 3 rings (SSSR count). The van der Waals surface area contributed by atoms with Gasteiger partial charge in [-0.05, 0) is 49.2 Å². The molecular formula is C21H24FN3O. The highest BCUT2D eigenvalue weighted by Crippen LogP contribution is 2.28. The largest absolute Gasteiger partial charge is 0.487 e. The molecule has 0 amide bonds. The second kappa shape index (κ2) is 6.90. The van der Waals surface area contributed by atoms with Gasteiger partial charge in [0.2, 0.25) is 0 Å². The van der Waals surface area contributed by atoms with Crippen LogP contribution in [0.5, 0.6) is 5.75 Å². The van der Waals surface area contributed by atoms with Crippen molar-refractivity contribution in [2.45, 2.75) is 46.6 Å². The third-order valence-electron chi connectivity index (χ3n) is 4.19. The molecule has 0 aliphatic heterocycles. The maximum atomic E-state index is 13.9. The van der Waals surface area contributed by atoms with Gasteiger partial charge in [0.25, 0.3) is 0 Å². The minimum Gasteiger partial charge on any atom is -0.487 e. The third-order valence-corrected chi connectivity index (χ3v) is 4.19. The van der Waals surface area contributed by atoms with Crippen molar-refractivity contribution in [1.82, 2.24) is 15.0 Å². The number of halogens is 1. The Kier molecular flexibility index (Phi) is 4.81. The smallest absolute Gasteiger partial charge is 0.148 e. The SMILES string of the molecule is Cc1cnc(COc2ccc(-c3cnc(C(C)(C)C)[nH]3)cc2C)c(F)c1. The quantitative estimate of drug-likeness (QED) is 0.709. The van der Waals surface area contributed by atoms with Gasteiger partial charge in [0.15, 0.2) is 0 Å². The van der Waals surface area contributed by atoms with E-state index in [4.69, 9.17) is 4.74 Å². The van der Waals surface area contributed by atoms with Gasteiger partial charge < -0.3 is 9.72 Å². The van der Waals surface area contributed by atoms with Crippen LogP contribution >= 0.6 is 0 Å². The number of hydrogen-bond donors (Lipinski definition) is 1. The second-order valence-corrected chi connectivity index (χ2v) is 7.61. The Balaban J connectivity index is 1.76. The number of aryl methyl sites for hydroxylation is 2. The molecule has 0 unspecified atom stereocenters. The molecular weight excluding hydrogens is 329 g/mol. The lowest BCUT2D eigenvalue weighted by Crippen LogP contribution is -2.13. The van der Waals surface area contributed by atoms with Crippen LogP contribution in [0.3, 0.4) is 0 Å². The Hall–Kier alpha value is -2.69. The van der Waals surface area contributed by atoms with Crippen LogP contribution < -0.4 is 4.74 Å². The summed E-state index contributed by atoms with van der Waals surface area (Å²) >= 11 is 0. The Morgan fingerprint density at radius 3 is 2.46 bits per heavy atom. The van der Waals surface area contributed by atoms with E-state index in [0.717, 1.165) is 28.2 Å². The summed E-state index contributed by atoms with van der Waals surface area (Å²) in [7, 11) is 0. The maximum Gasteiger partial charge on any atom is 0.148 e. The molecule has 0 atom stereocenters. The van der Waals surface area contributed by atoms with Crippen molar-refractivity contribution in [2.24, 2.45) is 0 Å². The second-order valence-electron chi connectivity index (χ2n) is 7.61. The fourth-order valence-electron chi connectivity index (χ4n) is 2.64. The van der Waals surface area contributed by atoms with E-state index in [1.807, 2.05) is 38.2 Å². The summed E-state index contributed by atoms with van der Waals surface area (Å²) in [5.41, 5.74) is 4.06. The molecule has 0 saturated heterocycles. The van der Waals surface area contributed by atoms with E-state index in [1.165, 1.54) is 6.07 Å². The molecule has 0 aliphatic carbocycles. The molecule has 0 bridgehead atoms. The number of ether oxygens (including phenoxy) is 1. The van der Waals surface area contributed by atoms with E-state index in [0.29, 0.717) is 11.4 Å². The Labute approximate surface area is 153 Å². The first-order chi connectivity index (χ1) is 12.2. The molecule has 3 aromatic rings. The van der Waals surface area contributed by atoms with Crippen molar-refractivity contribution in [1.29, 1.82) is 0 Å². The average Bonchev–Trinajstić information content (AvgIpc) is 3.05. The minimum absolute atomic E-state index is 0.0263. The summed E-state index contributed by atoms with van der Waals surface area (Å²) in [6, 6.07) is 7.37. The van der Waals surface area contributed by atoms with Crippen molar-refractivity contribution in [3.05, 3.63) is 65.1 Å². The first-order valence-corrected chi connectivity index (χ1v) is 8.64. The number of H-pyrrole nitrogens is 1. The van der Waals surface area contributed by atoms with Crippen molar-refractivity contribution in [2.75, 3.05) is 0 Å². The predicted molar refractivity (Wildman–Crippen MR) is 101 cm³/mol. The highest BCUT2D eigenvalue weighted by atomic mass is 19.1. The monoisotopic (exact) mass is 353 g/mol. The van der Waals surface area contributed by atoms with E-state index >= 15 is 0 Å². The van der Waals surface area contributed by atoms with Gasteiger partial charge in [-0.25, -0.2) is 9.37 Å². The number of nitrogens with zero attached hydrogens (tertiary/aromatic N) is 2. The van der Waals surface area contributed by atoms with Crippen molar-refractivity contribution < 1.29 is 9.13 Å². The first-order valence-electron chi connectivity index (χ1n) is 8.64. The summed E-state index contributed by atoms with van der Waals surface area (Å²) in [4.78, 5) is 11.9. The molecule has 1 N–H and O–H groups in total. The number of imidazole rings is 1. The van der Waals surface area contributed by atoms with Gasteiger partial charge in [-0.3, -0.25) is 4.98 Å². The van der Waals surface area contributed by atoms with E-state index in [2.05, 4.69) is 35.7 Å². The molecule has 0 saturated carbocycles. The van der Waals surface area contributed by atoms with Gasteiger partial charge in [0.05, 0.1) is 11.9 Å². The highest BCUT2D eigenvalue weighted by molar-refractivity contribution is 5.61. The lowest BCUT2D eigenvalue weighted by Gasteiger charge is -2.14. The molecule has 0 spiro atoms. The highest BCUT2D eigenvalue weighted by Gasteiger charge is 2.18. The number of hydrogen-bond acceptors (Lipinski definition) is 3. The van der Waals surface area contributed by atoms with Crippen LogP contribution in [0.1, 0.15) is 43.4 Å². The number of aromatic amines is 1. The van der Waals surface area contributed by atoms with Gasteiger partial charge in [0, 0.05) is 17.2 Å². The van der Waals surface area contributed by atoms with E-state index in [1.54, 1.807) is 6.20 Å². The zero-order valence-corrected chi connectivity index (χ0v) is 15.9. The van der Waals surface area contributed by atoms with Gasteiger partial charge in [-0.15, -0.1) is 0 Å². The van der Waals surface area contributed by atoms with E-state index < -0.39 is 0 Å². The summed E-state index contributed by atoms with van der Waals surface area (Å²) in [6.45, 7) is 10.2. The summed E-state index contributed by atoms with van der Waals surface area (Å²) in [6.07, 6.45) is 3.49. The Morgan fingerprint density at radius 2 is 1.85 bits per heavy atom. The Bertz CT molecular complexity index is 925. The van der Waals surface area contributed by atoms with Crippen LogP contribution in [-0.4, -0.2) is 15.0 Å². The summed E-state index contributed by atoms with van der Waals surface area (Å²) < 4.78 is 19.6. The van der Waals surface area contributed by atoms with Crippen LogP contribution in [0.4, 0.5) is 4.39 Å². The van der Waals surface area contributed by atoms with Gasteiger partial charge in [-0.1, -0.05) is 20.8 Å². The van der Waals surface area contributed by atoms with E-state index in [-0.39, 0.29) is 17.8 Å². The molecule has 2 heterocycles. The lowest BCUT2D eigenvalue weighted by atomic mass is 9.96. The number of benzene rings is 1. The molecule has 136 valence electrons. The van der Waals surface area contributed by atoms with Crippen LogP contribution in [0.2, 0.25) is 0 Å². The molecule has 0 fully saturated rings. The van der Waals surface area contributed by atoms with Crippen molar-refractivity contribution in [3.63, 3.8) is 0 Å². The average molecular weight is 353 g/mol. The fourth-order valence-corrected chi connectivity index (χ4v) is 2.64. The van der Waals surface area contributed by atoms with Crippen LogP contribution in [-0.2, 0) is 12.0 Å². The standard InChI is InChI=1S/C21H24FN3O/c1-13-8-16(22)18(23-10-13)12-26-19-7-6-15(9-14(19)2)17-11-24-20(25-17)21(3,4)5/h6-11H,12H2,1-5H3,(H,24,25). The minimum atomic E-state index is -0.341. The maximum absolute atomic E-state index is 13.9. The van der Waals surface area contributed by atoms with Crippen LogP contribution in [0.25, 0.3) is 11.3 Å². The van der Waals surface area contributed by atoms with Crippen LogP contribution in [0, 0.1) is 19.7 Å². The number of pyridine rings is 1. The molecule has 0 radical (unpaired) electrons. The fraction of sp³-hybridized carbons (Fsp3) is 0.333. The van der Waals surface area contributed by atoms with Gasteiger partial charge >= 0.3 is 0 Å². The van der Waals surface area contributed by atoms with E-state index in [9.17, 15) is 4.39 Å². The Morgan fingerprint density at radius 1 is 1.08 bits per heavy atom. The number of nitrogens with one attached hydrogen (secondary N) is 1. The van der Waals surface area contributed by atoms with Gasteiger partial charge in [-0.2, -0.15) is 0 Å². The van der Waals surface area contributed by atoms with Crippen LogP contribution in [0.15, 0.2) is 36.7 Å². The van der Waals surface area contributed by atoms with Crippen molar-refractivity contribution >= 4 is 0 Å². The molecule has 2 aromatic heterocycles. The van der Waals surface area contributed by atoms with Crippen molar-refractivity contribution in [3.8, 4) is 17.0 Å². The molecule has 26 heavy (non-hydrogen) atoms. The molecule has 4 nitrogen and oxygen atoms in total. The zero-order chi connectivity index (χ0) is 18.9. The molecule has 5 heteroatoms. The molecule has 0 aliphatic rings. The first kappa shape index (κ1) is 18.1. The zero-order valence-electron chi connectivity index (χ0n) is 15.9. The topological polar surface area (TPSA) is 50.8 Å². The number of rotatable bonds is 4.